The summed E-state index contributed by atoms with van der Waals surface area (Å²) < 4.78 is 15.4. The fourth-order valence-corrected chi connectivity index (χ4v) is 2.56. The maximum atomic E-state index is 13.0. The van der Waals surface area contributed by atoms with Gasteiger partial charge in [-0.3, -0.25) is 19.7 Å². The summed E-state index contributed by atoms with van der Waals surface area (Å²) in [4.78, 5) is 35.7. The van der Waals surface area contributed by atoms with Gasteiger partial charge in [0.2, 0.25) is 0 Å². The number of ether oxygens (including phenoxy) is 3. The van der Waals surface area contributed by atoms with Crippen LogP contribution < -0.4 is 9.47 Å². The SMILES string of the molecule is CCOC(=O)C(C(=O)c1ccc(OC)c(OC)c1)c1ccc([N+](=O)[O-])cc1. The molecule has 2 aromatic rings. The van der Waals surface area contributed by atoms with Gasteiger partial charge >= 0.3 is 5.97 Å². The van der Waals surface area contributed by atoms with Gasteiger partial charge in [-0.05, 0) is 30.7 Å². The number of methoxy groups -OCH3 is 2. The van der Waals surface area contributed by atoms with E-state index in [2.05, 4.69) is 0 Å². The van der Waals surface area contributed by atoms with Gasteiger partial charge in [-0.1, -0.05) is 12.1 Å². The van der Waals surface area contributed by atoms with E-state index in [1.165, 1.54) is 50.6 Å². The summed E-state index contributed by atoms with van der Waals surface area (Å²) in [7, 11) is 2.91. The second-order valence-corrected chi connectivity index (χ2v) is 5.47. The van der Waals surface area contributed by atoms with Gasteiger partial charge in [0, 0.05) is 17.7 Å². The maximum Gasteiger partial charge on any atom is 0.321 e. The van der Waals surface area contributed by atoms with Crippen LogP contribution in [-0.4, -0.2) is 37.5 Å². The van der Waals surface area contributed by atoms with E-state index in [1.54, 1.807) is 13.0 Å². The Labute approximate surface area is 155 Å². The van der Waals surface area contributed by atoms with Crippen LogP contribution in [0.15, 0.2) is 42.5 Å². The molecule has 0 amide bonds. The number of Topliss-reactive ketones (excluding diaryl/α,β-unsaturated/α-hetero) is 1. The van der Waals surface area contributed by atoms with E-state index in [4.69, 9.17) is 14.2 Å². The van der Waals surface area contributed by atoms with E-state index < -0.39 is 22.6 Å². The van der Waals surface area contributed by atoms with Gasteiger partial charge in [-0.2, -0.15) is 0 Å². The number of benzene rings is 2. The summed E-state index contributed by atoms with van der Waals surface area (Å²) in [6.07, 6.45) is 0. The second kappa shape index (κ2) is 8.79. The summed E-state index contributed by atoms with van der Waals surface area (Å²) in [6.45, 7) is 1.73. The fraction of sp³-hybridized carbons (Fsp3) is 0.263. The minimum Gasteiger partial charge on any atom is -0.493 e. The van der Waals surface area contributed by atoms with Crippen molar-refractivity contribution in [2.24, 2.45) is 0 Å². The third-order valence-electron chi connectivity index (χ3n) is 3.89. The van der Waals surface area contributed by atoms with E-state index in [-0.39, 0.29) is 17.9 Å². The Morgan fingerprint density at radius 3 is 2.19 bits per heavy atom. The van der Waals surface area contributed by atoms with Crippen LogP contribution in [0.4, 0.5) is 5.69 Å². The smallest absolute Gasteiger partial charge is 0.321 e. The third-order valence-corrected chi connectivity index (χ3v) is 3.89. The van der Waals surface area contributed by atoms with Gasteiger partial charge in [-0.15, -0.1) is 0 Å². The molecule has 27 heavy (non-hydrogen) atoms. The van der Waals surface area contributed by atoms with E-state index in [9.17, 15) is 19.7 Å². The Bertz CT molecular complexity index is 846. The molecule has 2 rings (SSSR count). The number of rotatable bonds is 8. The molecule has 0 aromatic heterocycles. The lowest BCUT2D eigenvalue weighted by Gasteiger charge is -2.16. The van der Waals surface area contributed by atoms with E-state index in [1.807, 2.05) is 0 Å². The van der Waals surface area contributed by atoms with Crippen LogP contribution in [0.5, 0.6) is 11.5 Å². The molecule has 1 unspecified atom stereocenters. The first-order chi connectivity index (χ1) is 12.9. The van der Waals surface area contributed by atoms with Crippen LogP contribution in [-0.2, 0) is 9.53 Å². The van der Waals surface area contributed by atoms with Crippen molar-refractivity contribution in [1.29, 1.82) is 0 Å². The first-order valence-corrected chi connectivity index (χ1v) is 8.10. The predicted molar refractivity (Wildman–Crippen MR) is 96.3 cm³/mol. The van der Waals surface area contributed by atoms with Crippen molar-refractivity contribution < 1.29 is 28.7 Å². The van der Waals surface area contributed by atoms with Crippen LogP contribution in [0.3, 0.4) is 0 Å². The Balaban J connectivity index is 2.46. The average Bonchev–Trinajstić information content (AvgIpc) is 2.68. The number of carbonyl (C=O) groups excluding carboxylic acids is 2. The molecule has 0 bridgehead atoms. The Morgan fingerprint density at radius 2 is 1.67 bits per heavy atom. The normalized spacial score (nSPS) is 11.4. The van der Waals surface area contributed by atoms with Gasteiger partial charge in [0.1, 0.15) is 5.92 Å². The zero-order valence-corrected chi connectivity index (χ0v) is 15.1. The third kappa shape index (κ3) is 4.41. The molecular weight excluding hydrogens is 354 g/mol. The van der Waals surface area contributed by atoms with E-state index in [0.29, 0.717) is 17.1 Å². The molecule has 0 saturated carbocycles. The van der Waals surface area contributed by atoms with Crippen molar-refractivity contribution >= 4 is 17.4 Å². The Kier molecular flexibility index (Phi) is 6.48. The highest BCUT2D eigenvalue weighted by atomic mass is 16.6. The average molecular weight is 373 g/mol. The molecular formula is C19H19NO7. The molecule has 0 aliphatic carbocycles. The molecule has 0 N–H and O–H groups in total. The lowest BCUT2D eigenvalue weighted by Crippen LogP contribution is -2.24. The number of esters is 1. The largest absolute Gasteiger partial charge is 0.493 e. The van der Waals surface area contributed by atoms with Crippen LogP contribution in [0.1, 0.15) is 28.8 Å². The standard InChI is InChI=1S/C19H19NO7/c1-4-27-19(22)17(12-5-8-14(9-6-12)20(23)24)18(21)13-7-10-15(25-2)16(11-13)26-3/h5-11,17H,4H2,1-3H3. The minimum absolute atomic E-state index is 0.0987. The first kappa shape index (κ1) is 19.9. The Hall–Kier alpha value is -3.42. The molecule has 0 fully saturated rings. The van der Waals surface area contributed by atoms with Gasteiger partial charge in [0.05, 0.1) is 25.7 Å². The van der Waals surface area contributed by atoms with Crippen molar-refractivity contribution in [2.45, 2.75) is 12.8 Å². The van der Waals surface area contributed by atoms with Gasteiger partial charge in [0.25, 0.3) is 5.69 Å². The topological polar surface area (TPSA) is 105 Å². The zero-order valence-electron chi connectivity index (χ0n) is 15.1. The van der Waals surface area contributed by atoms with E-state index >= 15 is 0 Å². The summed E-state index contributed by atoms with van der Waals surface area (Å²) >= 11 is 0. The second-order valence-electron chi connectivity index (χ2n) is 5.47. The molecule has 0 aliphatic heterocycles. The van der Waals surface area contributed by atoms with Crippen molar-refractivity contribution in [3.8, 4) is 11.5 Å². The van der Waals surface area contributed by atoms with Crippen LogP contribution >= 0.6 is 0 Å². The highest BCUT2D eigenvalue weighted by molar-refractivity contribution is 6.13. The number of nitro groups is 1. The summed E-state index contributed by atoms with van der Waals surface area (Å²) in [5, 5.41) is 10.8. The molecule has 0 saturated heterocycles. The molecule has 0 spiro atoms. The van der Waals surface area contributed by atoms with Crippen molar-refractivity contribution in [2.75, 3.05) is 20.8 Å². The minimum atomic E-state index is -1.25. The molecule has 1 atom stereocenters. The zero-order chi connectivity index (χ0) is 20.0. The predicted octanol–water partition coefficient (Wildman–Crippen LogP) is 3.14. The van der Waals surface area contributed by atoms with Gasteiger partial charge in [-0.25, -0.2) is 0 Å². The number of non-ortho nitro benzene ring substituents is 1. The number of hydrogen-bond acceptors (Lipinski definition) is 7. The highest BCUT2D eigenvalue weighted by Crippen LogP contribution is 2.31. The highest BCUT2D eigenvalue weighted by Gasteiger charge is 2.31. The molecule has 2 aromatic carbocycles. The lowest BCUT2D eigenvalue weighted by molar-refractivity contribution is -0.384. The Morgan fingerprint density at radius 1 is 1.04 bits per heavy atom. The van der Waals surface area contributed by atoms with Crippen LogP contribution in [0, 0.1) is 10.1 Å². The van der Waals surface area contributed by atoms with Crippen molar-refractivity contribution in [3.63, 3.8) is 0 Å². The maximum absolute atomic E-state index is 13.0. The number of carbonyl (C=O) groups is 2. The monoisotopic (exact) mass is 373 g/mol. The summed E-state index contributed by atoms with van der Waals surface area (Å²) in [5.41, 5.74) is 0.391. The van der Waals surface area contributed by atoms with Gasteiger partial charge < -0.3 is 14.2 Å². The van der Waals surface area contributed by atoms with Crippen molar-refractivity contribution in [1.82, 2.24) is 0 Å². The fourth-order valence-electron chi connectivity index (χ4n) is 2.56. The number of hydrogen-bond donors (Lipinski definition) is 0. The number of ketones is 1. The van der Waals surface area contributed by atoms with Gasteiger partial charge in [0.15, 0.2) is 17.3 Å². The quantitative estimate of drug-likeness (QED) is 0.230. The van der Waals surface area contributed by atoms with Crippen molar-refractivity contribution in [3.05, 3.63) is 63.7 Å². The molecule has 8 heteroatoms. The lowest BCUT2D eigenvalue weighted by atomic mass is 9.90. The van der Waals surface area contributed by atoms with E-state index in [0.717, 1.165) is 0 Å². The molecule has 0 aliphatic rings. The number of nitro benzene ring substituents is 1. The molecule has 0 heterocycles. The number of nitrogens with zero attached hydrogens (tertiary/aromatic N) is 1. The summed E-state index contributed by atoms with van der Waals surface area (Å²) in [5.74, 6) is -1.70. The van der Waals surface area contributed by atoms with Crippen LogP contribution in [0.2, 0.25) is 0 Å². The summed E-state index contributed by atoms with van der Waals surface area (Å²) in [6, 6.07) is 9.77. The first-order valence-electron chi connectivity index (χ1n) is 8.10. The molecule has 8 nitrogen and oxygen atoms in total. The molecule has 0 radical (unpaired) electrons. The molecule has 142 valence electrons. The van der Waals surface area contributed by atoms with Crippen LogP contribution in [0.25, 0.3) is 0 Å².